The fourth-order valence-corrected chi connectivity index (χ4v) is 2.94. The second-order valence-corrected chi connectivity index (χ2v) is 6.64. The molecule has 0 aromatic heterocycles. The Morgan fingerprint density at radius 3 is 2.58 bits per heavy atom. The van der Waals surface area contributed by atoms with Crippen LogP contribution in [0.15, 0.2) is 24.3 Å². The molecule has 1 heterocycles. The highest BCUT2D eigenvalue weighted by molar-refractivity contribution is 5.17. The molecule has 104 valence electrons. The third kappa shape index (κ3) is 2.98. The van der Waals surface area contributed by atoms with E-state index in [1.807, 2.05) is 12.1 Å². The summed E-state index contributed by atoms with van der Waals surface area (Å²) in [5.41, 5.74) is 1.37. The maximum atomic E-state index is 13.0. The van der Waals surface area contributed by atoms with Gasteiger partial charge in [0.1, 0.15) is 5.82 Å². The van der Waals surface area contributed by atoms with Crippen LogP contribution in [0, 0.1) is 11.7 Å². The molecule has 1 unspecified atom stereocenters. The lowest BCUT2D eigenvalue weighted by Gasteiger charge is -2.46. The number of benzene rings is 1. The van der Waals surface area contributed by atoms with Crippen LogP contribution in [0.25, 0.3) is 0 Å². The SMILES string of the molecule is CC1(C)CNC(C2CC2)CN1Cc1ccc(F)cc1. The van der Waals surface area contributed by atoms with Gasteiger partial charge in [-0.1, -0.05) is 12.1 Å². The lowest BCUT2D eigenvalue weighted by atomic mass is 9.95. The summed E-state index contributed by atoms with van der Waals surface area (Å²) >= 11 is 0. The van der Waals surface area contributed by atoms with Crippen LogP contribution in [0.3, 0.4) is 0 Å². The van der Waals surface area contributed by atoms with Crippen LogP contribution in [-0.2, 0) is 6.54 Å². The van der Waals surface area contributed by atoms with Crippen LogP contribution in [0.1, 0.15) is 32.3 Å². The summed E-state index contributed by atoms with van der Waals surface area (Å²) in [6, 6.07) is 7.57. The van der Waals surface area contributed by atoms with Crippen molar-refractivity contribution in [3.05, 3.63) is 35.6 Å². The smallest absolute Gasteiger partial charge is 0.123 e. The quantitative estimate of drug-likeness (QED) is 0.901. The summed E-state index contributed by atoms with van der Waals surface area (Å²) in [6.45, 7) is 7.63. The summed E-state index contributed by atoms with van der Waals surface area (Å²) in [7, 11) is 0. The summed E-state index contributed by atoms with van der Waals surface area (Å²) < 4.78 is 13.0. The molecule has 3 rings (SSSR count). The molecule has 1 aliphatic carbocycles. The molecule has 1 saturated carbocycles. The van der Waals surface area contributed by atoms with Crippen molar-refractivity contribution in [3.63, 3.8) is 0 Å². The standard InChI is InChI=1S/C16H23FN2/c1-16(2)11-18-15(13-5-6-13)10-19(16)9-12-3-7-14(17)8-4-12/h3-4,7-8,13,15,18H,5-6,9-11H2,1-2H3. The van der Waals surface area contributed by atoms with Crippen LogP contribution < -0.4 is 5.32 Å². The fourth-order valence-electron chi connectivity index (χ4n) is 2.94. The first-order chi connectivity index (χ1) is 9.04. The maximum absolute atomic E-state index is 13.0. The Balaban J connectivity index is 1.70. The molecule has 1 aromatic carbocycles. The Kier molecular flexibility index (Phi) is 3.35. The van der Waals surface area contributed by atoms with Gasteiger partial charge in [0.2, 0.25) is 0 Å². The van der Waals surface area contributed by atoms with Crippen LogP contribution in [0.2, 0.25) is 0 Å². The van der Waals surface area contributed by atoms with Crippen molar-refractivity contribution in [1.82, 2.24) is 10.2 Å². The molecule has 0 bridgehead atoms. The van der Waals surface area contributed by atoms with Gasteiger partial charge >= 0.3 is 0 Å². The number of hydrogen-bond donors (Lipinski definition) is 1. The zero-order valence-electron chi connectivity index (χ0n) is 11.8. The molecule has 0 spiro atoms. The van der Waals surface area contributed by atoms with Gasteiger partial charge in [0.15, 0.2) is 0 Å². The fraction of sp³-hybridized carbons (Fsp3) is 0.625. The number of hydrogen-bond acceptors (Lipinski definition) is 2. The molecule has 2 aliphatic rings. The minimum Gasteiger partial charge on any atom is -0.311 e. The van der Waals surface area contributed by atoms with Crippen molar-refractivity contribution >= 4 is 0 Å². The highest BCUT2D eigenvalue weighted by Gasteiger charge is 2.40. The Bertz CT molecular complexity index is 437. The predicted molar refractivity (Wildman–Crippen MR) is 75.4 cm³/mol. The van der Waals surface area contributed by atoms with E-state index in [-0.39, 0.29) is 11.4 Å². The number of nitrogens with one attached hydrogen (secondary N) is 1. The van der Waals surface area contributed by atoms with Crippen molar-refractivity contribution in [2.75, 3.05) is 13.1 Å². The van der Waals surface area contributed by atoms with Gasteiger partial charge in [-0.25, -0.2) is 4.39 Å². The average Bonchev–Trinajstić information content (AvgIpc) is 3.19. The first kappa shape index (κ1) is 13.1. The van der Waals surface area contributed by atoms with Gasteiger partial charge in [-0.05, 0) is 50.3 Å². The molecule has 1 aliphatic heterocycles. The normalized spacial score (nSPS) is 27.4. The van der Waals surface area contributed by atoms with Crippen LogP contribution in [0.4, 0.5) is 4.39 Å². The second kappa shape index (κ2) is 4.88. The van der Waals surface area contributed by atoms with E-state index in [0.29, 0.717) is 6.04 Å². The van der Waals surface area contributed by atoms with E-state index in [9.17, 15) is 4.39 Å². The number of piperazine rings is 1. The highest BCUT2D eigenvalue weighted by Crippen LogP contribution is 2.36. The minimum absolute atomic E-state index is 0.154. The van der Waals surface area contributed by atoms with Gasteiger partial charge in [-0.2, -0.15) is 0 Å². The molecule has 19 heavy (non-hydrogen) atoms. The number of rotatable bonds is 3. The van der Waals surface area contributed by atoms with E-state index in [4.69, 9.17) is 0 Å². The van der Waals surface area contributed by atoms with Crippen molar-refractivity contribution in [3.8, 4) is 0 Å². The molecule has 1 aromatic rings. The van der Waals surface area contributed by atoms with Crippen LogP contribution >= 0.6 is 0 Å². The lowest BCUT2D eigenvalue weighted by molar-refractivity contribution is 0.0533. The summed E-state index contributed by atoms with van der Waals surface area (Å²) in [5.74, 6) is 0.728. The zero-order valence-corrected chi connectivity index (χ0v) is 11.8. The molecule has 1 atom stereocenters. The van der Waals surface area contributed by atoms with E-state index >= 15 is 0 Å². The summed E-state index contributed by atoms with van der Waals surface area (Å²) in [4.78, 5) is 2.54. The number of nitrogens with zero attached hydrogens (tertiary/aromatic N) is 1. The molecule has 0 radical (unpaired) electrons. The van der Waals surface area contributed by atoms with Gasteiger partial charge in [-0.3, -0.25) is 4.90 Å². The molecular weight excluding hydrogens is 239 g/mol. The van der Waals surface area contributed by atoms with Crippen molar-refractivity contribution in [2.45, 2.75) is 44.8 Å². The lowest BCUT2D eigenvalue weighted by Crippen LogP contribution is -2.62. The van der Waals surface area contributed by atoms with Gasteiger partial charge in [0.25, 0.3) is 0 Å². The second-order valence-electron chi connectivity index (χ2n) is 6.64. The predicted octanol–water partition coefficient (Wildman–Crippen LogP) is 2.79. The monoisotopic (exact) mass is 262 g/mol. The topological polar surface area (TPSA) is 15.3 Å². The highest BCUT2D eigenvalue weighted by atomic mass is 19.1. The Labute approximate surface area is 115 Å². The summed E-state index contributed by atoms with van der Waals surface area (Å²) in [5, 5.41) is 3.69. The van der Waals surface area contributed by atoms with Crippen LogP contribution in [-0.4, -0.2) is 29.6 Å². The van der Waals surface area contributed by atoms with E-state index in [1.165, 1.54) is 18.4 Å². The molecular formula is C16H23FN2. The summed E-state index contributed by atoms with van der Waals surface area (Å²) in [6.07, 6.45) is 2.75. The van der Waals surface area contributed by atoms with E-state index in [0.717, 1.165) is 25.6 Å². The van der Waals surface area contributed by atoms with Crippen molar-refractivity contribution < 1.29 is 4.39 Å². The third-order valence-corrected chi connectivity index (χ3v) is 4.55. The Morgan fingerprint density at radius 1 is 1.26 bits per heavy atom. The molecule has 2 nitrogen and oxygen atoms in total. The molecule has 2 fully saturated rings. The minimum atomic E-state index is -0.154. The zero-order chi connectivity index (χ0) is 13.5. The van der Waals surface area contributed by atoms with E-state index in [2.05, 4.69) is 24.1 Å². The van der Waals surface area contributed by atoms with E-state index in [1.54, 1.807) is 12.1 Å². The third-order valence-electron chi connectivity index (χ3n) is 4.55. The van der Waals surface area contributed by atoms with Gasteiger partial charge in [0, 0.05) is 31.2 Å². The van der Waals surface area contributed by atoms with Crippen molar-refractivity contribution in [2.24, 2.45) is 5.92 Å². The number of halogens is 1. The Morgan fingerprint density at radius 2 is 1.95 bits per heavy atom. The van der Waals surface area contributed by atoms with E-state index < -0.39 is 0 Å². The largest absolute Gasteiger partial charge is 0.311 e. The first-order valence-corrected chi connectivity index (χ1v) is 7.27. The Hall–Kier alpha value is -0.930. The van der Waals surface area contributed by atoms with Gasteiger partial charge in [-0.15, -0.1) is 0 Å². The van der Waals surface area contributed by atoms with Crippen LogP contribution in [0.5, 0.6) is 0 Å². The maximum Gasteiger partial charge on any atom is 0.123 e. The first-order valence-electron chi connectivity index (χ1n) is 7.27. The van der Waals surface area contributed by atoms with Crippen molar-refractivity contribution in [1.29, 1.82) is 0 Å². The van der Waals surface area contributed by atoms with Gasteiger partial charge < -0.3 is 5.32 Å². The molecule has 1 saturated heterocycles. The molecule has 0 amide bonds. The van der Waals surface area contributed by atoms with Gasteiger partial charge in [0.05, 0.1) is 0 Å². The average molecular weight is 262 g/mol. The molecule has 1 N–H and O–H groups in total. The molecule has 3 heteroatoms.